The van der Waals surface area contributed by atoms with Gasteiger partial charge in [0.1, 0.15) is 5.75 Å². The van der Waals surface area contributed by atoms with Crippen molar-refractivity contribution in [2.45, 2.75) is 11.8 Å². The van der Waals surface area contributed by atoms with E-state index in [1.807, 2.05) is 43.3 Å². The minimum atomic E-state index is 0.0465. The molecular weight excluding hydrogens is 391 g/mol. The Morgan fingerprint density at radius 3 is 2.68 bits per heavy atom. The normalized spacial score (nSPS) is 12.2. The Balaban J connectivity index is 2.42. The lowest BCUT2D eigenvalue weighted by atomic mass is 10.0. The molecule has 0 saturated carbocycles. The third-order valence-electron chi connectivity index (χ3n) is 2.69. The standard InChI is InChI=1S/C15H13Br2ClO/c1-2-19-14-7-6-11(16)9-13(14)15(17)10-4-3-5-12(18)8-10/h3-9,15H,2H2,1H3. The molecule has 0 heterocycles. The molecule has 0 amide bonds. The average Bonchev–Trinajstić information content (AvgIpc) is 2.40. The maximum atomic E-state index is 6.05. The van der Waals surface area contributed by atoms with Crippen LogP contribution in [0.4, 0.5) is 0 Å². The Labute approximate surface area is 135 Å². The van der Waals surface area contributed by atoms with E-state index in [2.05, 4.69) is 37.9 Å². The molecule has 0 fully saturated rings. The van der Waals surface area contributed by atoms with Crippen LogP contribution in [0.1, 0.15) is 22.9 Å². The fourth-order valence-corrected chi connectivity index (χ4v) is 3.07. The van der Waals surface area contributed by atoms with Crippen molar-refractivity contribution < 1.29 is 4.74 Å². The highest BCUT2D eigenvalue weighted by atomic mass is 79.9. The molecule has 100 valence electrons. The van der Waals surface area contributed by atoms with Crippen LogP contribution in [-0.2, 0) is 0 Å². The second kappa shape index (κ2) is 6.78. The lowest BCUT2D eigenvalue weighted by Crippen LogP contribution is -2.00. The Hall–Kier alpha value is -0.510. The van der Waals surface area contributed by atoms with Crippen LogP contribution in [-0.4, -0.2) is 6.61 Å². The van der Waals surface area contributed by atoms with E-state index in [4.69, 9.17) is 16.3 Å². The zero-order chi connectivity index (χ0) is 13.8. The summed E-state index contributed by atoms with van der Waals surface area (Å²) in [7, 11) is 0. The van der Waals surface area contributed by atoms with E-state index in [0.717, 1.165) is 26.4 Å². The zero-order valence-corrected chi connectivity index (χ0v) is 14.3. The van der Waals surface area contributed by atoms with Gasteiger partial charge in [0.15, 0.2) is 0 Å². The second-order valence-electron chi connectivity index (χ2n) is 4.03. The summed E-state index contributed by atoms with van der Waals surface area (Å²) >= 11 is 13.3. The van der Waals surface area contributed by atoms with Gasteiger partial charge in [0.05, 0.1) is 11.4 Å². The molecule has 2 aromatic carbocycles. The monoisotopic (exact) mass is 402 g/mol. The van der Waals surface area contributed by atoms with Crippen molar-refractivity contribution in [2.24, 2.45) is 0 Å². The highest BCUT2D eigenvalue weighted by Gasteiger charge is 2.16. The van der Waals surface area contributed by atoms with Gasteiger partial charge in [0, 0.05) is 15.1 Å². The van der Waals surface area contributed by atoms with Crippen LogP contribution in [0.2, 0.25) is 5.02 Å². The van der Waals surface area contributed by atoms with E-state index in [9.17, 15) is 0 Å². The van der Waals surface area contributed by atoms with Crippen LogP contribution in [0.5, 0.6) is 5.75 Å². The summed E-state index contributed by atoms with van der Waals surface area (Å²) in [4.78, 5) is 0.0465. The molecule has 1 unspecified atom stereocenters. The first-order chi connectivity index (χ1) is 9.11. The summed E-state index contributed by atoms with van der Waals surface area (Å²) < 4.78 is 6.71. The van der Waals surface area contributed by atoms with E-state index in [-0.39, 0.29) is 4.83 Å². The first-order valence-corrected chi connectivity index (χ1v) is 8.02. The van der Waals surface area contributed by atoms with Crippen LogP contribution in [0, 0.1) is 0 Å². The number of ether oxygens (including phenoxy) is 1. The first-order valence-electron chi connectivity index (χ1n) is 5.93. The molecule has 0 aliphatic heterocycles. The maximum absolute atomic E-state index is 6.05. The number of halogens is 3. The minimum absolute atomic E-state index is 0.0465. The fourth-order valence-electron chi connectivity index (χ4n) is 1.85. The lowest BCUT2D eigenvalue weighted by molar-refractivity contribution is 0.337. The van der Waals surface area contributed by atoms with Gasteiger partial charge in [-0.25, -0.2) is 0 Å². The van der Waals surface area contributed by atoms with Crippen molar-refractivity contribution in [1.29, 1.82) is 0 Å². The highest BCUT2D eigenvalue weighted by molar-refractivity contribution is 9.10. The van der Waals surface area contributed by atoms with Crippen LogP contribution in [0.25, 0.3) is 0 Å². The maximum Gasteiger partial charge on any atom is 0.124 e. The van der Waals surface area contributed by atoms with Crippen LogP contribution >= 0.6 is 43.5 Å². The van der Waals surface area contributed by atoms with Crippen molar-refractivity contribution in [3.8, 4) is 5.75 Å². The summed E-state index contributed by atoms with van der Waals surface area (Å²) in [6.07, 6.45) is 0. The summed E-state index contributed by atoms with van der Waals surface area (Å²) in [5, 5.41) is 0.731. The predicted octanol–water partition coefficient (Wildman–Crippen LogP) is 5.99. The summed E-state index contributed by atoms with van der Waals surface area (Å²) in [6.45, 7) is 2.62. The molecule has 1 nitrogen and oxygen atoms in total. The minimum Gasteiger partial charge on any atom is -0.494 e. The van der Waals surface area contributed by atoms with Gasteiger partial charge in [-0.3, -0.25) is 0 Å². The van der Waals surface area contributed by atoms with Gasteiger partial charge in [-0.15, -0.1) is 0 Å². The third kappa shape index (κ3) is 3.74. The molecular formula is C15H13Br2ClO. The topological polar surface area (TPSA) is 9.23 Å². The summed E-state index contributed by atoms with van der Waals surface area (Å²) in [5.74, 6) is 0.882. The van der Waals surface area contributed by atoms with E-state index >= 15 is 0 Å². The number of rotatable bonds is 4. The summed E-state index contributed by atoms with van der Waals surface area (Å²) in [5.41, 5.74) is 2.19. The Morgan fingerprint density at radius 2 is 2.00 bits per heavy atom. The smallest absolute Gasteiger partial charge is 0.124 e. The molecule has 0 N–H and O–H groups in total. The van der Waals surface area contributed by atoms with Crippen LogP contribution < -0.4 is 4.74 Å². The van der Waals surface area contributed by atoms with Gasteiger partial charge < -0.3 is 4.74 Å². The zero-order valence-electron chi connectivity index (χ0n) is 10.4. The van der Waals surface area contributed by atoms with Gasteiger partial charge in [-0.1, -0.05) is 55.6 Å². The summed E-state index contributed by atoms with van der Waals surface area (Å²) in [6, 6.07) is 13.8. The molecule has 0 aliphatic carbocycles. The van der Waals surface area contributed by atoms with Crippen LogP contribution in [0.15, 0.2) is 46.9 Å². The molecule has 0 bridgehead atoms. The Morgan fingerprint density at radius 1 is 1.21 bits per heavy atom. The number of hydrogen-bond acceptors (Lipinski definition) is 1. The van der Waals surface area contributed by atoms with Crippen molar-refractivity contribution >= 4 is 43.5 Å². The molecule has 1 atom stereocenters. The van der Waals surface area contributed by atoms with Gasteiger partial charge >= 0.3 is 0 Å². The highest BCUT2D eigenvalue weighted by Crippen LogP contribution is 2.38. The van der Waals surface area contributed by atoms with Crippen molar-refractivity contribution in [3.63, 3.8) is 0 Å². The van der Waals surface area contributed by atoms with Gasteiger partial charge in [0.25, 0.3) is 0 Å². The SMILES string of the molecule is CCOc1ccc(Br)cc1C(Br)c1cccc(Cl)c1. The van der Waals surface area contributed by atoms with Gasteiger partial charge in [-0.05, 0) is 42.8 Å². The molecule has 2 rings (SSSR count). The lowest BCUT2D eigenvalue weighted by Gasteiger charge is -2.16. The largest absolute Gasteiger partial charge is 0.494 e. The quantitative estimate of drug-likeness (QED) is 0.569. The van der Waals surface area contributed by atoms with E-state index in [1.54, 1.807) is 0 Å². The third-order valence-corrected chi connectivity index (χ3v) is 4.44. The molecule has 19 heavy (non-hydrogen) atoms. The molecule has 0 radical (unpaired) electrons. The van der Waals surface area contributed by atoms with E-state index < -0.39 is 0 Å². The molecule has 0 aromatic heterocycles. The van der Waals surface area contributed by atoms with Crippen LogP contribution in [0.3, 0.4) is 0 Å². The van der Waals surface area contributed by atoms with E-state index in [0.29, 0.717) is 6.61 Å². The number of hydrogen-bond donors (Lipinski definition) is 0. The van der Waals surface area contributed by atoms with Crippen molar-refractivity contribution in [1.82, 2.24) is 0 Å². The van der Waals surface area contributed by atoms with Crippen molar-refractivity contribution in [2.75, 3.05) is 6.61 Å². The second-order valence-corrected chi connectivity index (χ2v) is 6.30. The Kier molecular flexibility index (Phi) is 5.31. The van der Waals surface area contributed by atoms with Gasteiger partial charge in [0.2, 0.25) is 0 Å². The molecule has 0 saturated heterocycles. The first kappa shape index (κ1) is 14.9. The van der Waals surface area contributed by atoms with E-state index in [1.165, 1.54) is 0 Å². The van der Waals surface area contributed by atoms with Gasteiger partial charge in [-0.2, -0.15) is 0 Å². The number of alkyl halides is 1. The predicted molar refractivity (Wildman–Crippen MR) is 87.5 cm³/mol. The van der Waals surface area contributed by atoms with Crippen molar-refractivity contribution in [3.05, 3.63) is 63.1 Å². The molecule has 0 aliphatic rings. The average molecular weight is 405 g/mol. The molecule has 0 spiro atoms. The number of benzene rings is 2. The fraction of sp³-hybridized carbons (Fsp3) is 0.200. The molecule has 4 heteroatoms. The molecule has 2 aromatic rings. The Bertz CT molecular complexity index is 572.